The average molecular weight is 291 g/mol. The lowest BCUT2D eigenvalue weighted by molar-refractivity contribution is 0.595. The van der Waals surface area contributed by atoms with Crippen LogP contribution in [0.25, 0.3) is 10.4 Å². The van der Waals surface area contributed by atoms with Gasteiger partial charge in [-0.05, 0) is 29.8 Å². The summed E-state index contributed by atoms with van der Waals surface area (Å²) in [6.45, 7) is 0. The van der Waals surface area contributed by atoms with Crippen molar-refractivity contribution in [2.45, 2.75) is 14.7 Å². The van der Waals surface area contributed by atoms with E-state index in [9.17, 15) is 8.42 Å². The minimum absolute atomic E-state index is 0.0154. The van der Waals surface area contributed by atoms with Gasteiger partial charge >= 0.3 is 0 Å². The summed E-state index contributed by atoms with van der Waals surface area (Å²) in [4.78, 5) is 3.81. The Hall–Kier alpha value is -1.95. The zero-order valence-corrected chi connectivity index (χ0v) is 11.3. The highest BCUT2D eigenvalue weighted by atomic mass is 32.2. The van der Waals surface area contributed by atoms with Crippen LogP contribution in [0.3, 0.4) is 0 Å². The second kappa shape index (κ2) is 5.79. The second-order valence-electron chi connectivity index (χ2n) is 3.51. The molecule has 5 nitrogen and oxygen atoms in total. The molecule has 96 valence electrons. The first-order chi connectivity index (χ1) is 9.13. The smallest absolute Gasteiger partial charge is 0.216 e. The topological polar surface area (TPSA) is 82.9 Å². The van der Waals surface area contributed by atoms with Gasteiger partial charge in [0.1, 0.15) is 0 Å². The summed E-state index contributed by atoms with van der Waals surface area (Å²) in [6.07, 6.45) is 0. The van der Waals surface area contributed by atoms with Crippen LogP contribution >= 0.6 is 11.8 Å². The zero-order valence-electron chi connectivity index (χ0n) is 9.67. The van der Waals surface area contributed by atoms with Gasteiger partial charge < -0.3 is 0 Å². The van der Waals surface area contributed by atoms with E-state index in [1.807, 2.05) is 30.3 Å². The van der Waals surface area contributed by atoms with Crippen molar-refractivity contribution in [2.24, 2.45) is 4.52 Å². The third kappa shape index (κ3) is 3.29. The normalized spacial score (nSPS) is 10.7. The summed E-state index contributed by atoms with van der Waals surface area (Å²) in [7, 11) is -3.97. The van der Waals surface area contributed by atoms with Crippen LogP contribution < -0.4 is 0 Å². The number of nitrogens with zero attached hydrogens (tertiary/aromatic N) is 3. The van der Waals surface area contributed by atoms with E-state index >= 15 is 0 Å². The predicted octanol–water partition coefficient (Wildman–Crippen LogP) is 3.84. The van der Waals surface area contributed by atoms with Crippen molar-refractivity contribution < 1.29 is 8.42 Å². The summed E-state index contributed by atoms with van der Waals surface area (Å²) in [5.74, 6) is 0. The largest absolute Gasteiger partial charge is 0.265 e. The minimum atomic E-state index is -3.97. The predicted molar refractivity (Wildman–Crippen MR) is 73.3 cm³/mol. The first-order valence-corrected chi connectivity index (χ1v) is 7.52. The first kappa shape index (κ1) is 13.5. The number of rotatable bonds is 4. The van der Waals surface area contributed by atoms with Crippen molar-refractivity contribution in [3.05, 3.63) is 65.0 Å². The van der Waals surface area contributed by atoms with Gasteiger partial charge in [0, 0.05) is 19.2 Å². The number of hydrogen-bond acceptors (Lipinski definition) is 3. The fraction of sp³-hybridized carbons (Fsp3) is 0. The Bertz CT molecular complexity index is 724. The third-order valence-corrected chi connectivity index (χ3v) is 4.65. The molecule has 0 aliphatic rings. The maximum Gasteiger partial charge on any atom is 0.265 e. The molecule has 0 atom stereocenters. The molecule has 0 saturated heterocycles. The van der Waals surface area contributed by atoms with Crippen LogP contribution in [0.15, 0.2) is 73.8 Å². The number of hydrogen-bond donors (Lipinski definition) is 0. The van der Waals surface area contributed by atoms with Gasteiger partial charge in [0.2, 0.25) is 0 Å². The van der Waals surface area contributed by atoms with Gasteiger partial charge in [0.25, 0.3) is 10.0 Å². The van der Waals surface area contributed by atoms with E-state index in [1.165, 1.54) is 17.8 Å². The fourth-order valence-electron chi connectivity index (χ4n) is 1.46. The Kier molecular flexibility index (Phi) is 4.11. The lowest BCUT2D eigenvalue weighted by Crippen LogP contribution is -1.97. The molecule has 0 aliphatic carbocycles. The number of benzene rings is 2. The van der Waals surface area contributed by atoms with Crippen LogP contribution in [0.2, 0.25) is 0 Å². The standard InChI is InChI=1S/C12H9N3O2S2/c13-14-15-19(16,17)12-9-5-4-8-11(12)18-10-6-2-1-3-7-10/h1-9H. The van der Waals surface area contributed by atoms with Crippen molar-refractivity contribution in [2.75, 3.05) is 0 Å². The highest BCUT2D eigenvalue weighted by Gasteiger charge is 2.17. The van der Waals surface area contributed by atoms with Crippen molar-refractivity contribution in [1.82, 2.24) is 0 Å². The molecule has 0 heterocycles. The van der Waals surface area contributed by atoms with E-state index in [0.717, 1.165) is 4.90 Å². The Morgan fingerprint density at radius 2 is 1.63 bits per heavy atom. The van der Waals surface area contributed by atoms with Gasteiger partial charge in [-0.2, -0.15) is 0 Å². The Morgan fingerprint density at radius 1 is 1.00 bits per heavy atom. The molecule has 2 rings (SSSR count). The highest BCUT2D eigenvalue weighted by Crippen LogP contribution is 2.33. The molecule has 0 spiro atoms. The van der Waals surface area contributed by atoms with Gasteiger partial charge in [0.15, 0.2) is 0 Å². The molecular weight excluding hydrogens is 282 g/mol. The summed E-state index contributed by atoms with van der Waals surface area (Å²) < 4.78 is 26.5. The zero-order chi connectivity index (χ0) is 13.7. The minimum Gasteiger partial charge on any atom is -0.216 e. The Morgan fingerprint density at radius 3 is 2.32 bits per heavy atom. The van der Waals surface area contributed by atoms with Crippen LogP contribution in [0.5, 0.6) is 0 Å². The summed E-state index contributed by atoms with van der Waals surface area (Å²) in [6, 6.07) is 15.8. The van der Waals surface area contributed by atoms with Crippen molar-refractivity contribution >= 4 is 21.8 Å². The van der Waals surface area contributed by atoms with Crippen LogP contribution in [0, 0.1) is 0 Å². The van der Waals surface area contributed by atoms with Crippen LogP contribution in [-0.4, -0.2) is 8.42 Å². The quantitative estimate of drug-likeness (QED) is 0.487. The summed E-state index contributed by atoms with van der Waals surface area (Å²) in [5.41, 5.74) is 8.32. The molecule has 0 radical (unpaired) electrons. The monoisotopic (exact) mass is 291 g/mol. The van der Waals surface area contributed by atoms with Gasteiger partial charge in [-0.15, -0.1) is 0 Å². The van der Waals surface area contributed by atoms with Crippen LogP contribution in [0.4, 0.5) is 0 Å². The molecule has 0 bridgehead atoms. The number of azide groups is 1. The molecule has 0 N–H and O–H groups in total. The van der Waals surface area contributed by atoms with E-state index in [4.69, 9.17) is 5.53 Å². The Labute approximate surface area is 115 Å². The lowest BCUT2D eigenvalue weighted by Gasteiger charge is -2.06. The maximum absolute atomic E-state index is 11.8. The number of sulfonamides is 1. The molecule has 7 heteroatoms. The van der Waals surface area contributed by atoms with Gasteiger partial charge in [-0.25, -0.2) is 8.42 Å². The maximum atomic E-state index is 11.8. The highest BCUT2D eigenvalue weighted by molar-refractivity contribution is 8.00. The second-order valence-corrected chi connectivity index (χ2v) is 6.18. The van der Waals surface area contributed by atoms with E-state index in [2.05, 4.69) is 9.43 Å². The summed E-state index contributed by atoms with van der Waals surface area (Å²) >= 11 is 1.30. The first-order valence-electron chi connectivity index (χ1n) is 5.27. The van der Waals surface area contributed by atoms with E-state index in [0.29, 0.717) is 4.90 Å². The molecule has 0 saturated carbocycles. The fourth-order valence-corrected chi connectivity index (χ4v) is 3.52. The van der Waals surface area contributed by atoms with Crippen molar-refractivity contribution in [3.8, 4) is 0 Å². The van der Waals surface area contributed by atoms with Gasteiger partial charge in [0.05, 0.1) is 4.90 Å². The van der Waals surface area contributed by atoms with E-state index < -0.39 is 10.0 Å². The molecule has 0 aliphatic heterocycles. The molecule has 0 fully saturated rings. The third-order valence-electron chi connectivity index (χ3n) is 2.24. The average Bonchev–Trinajstić information content (AvgIpc) is 2.40. The Balaban J connectivity index is 2.46. The molecule has 0 amide bonds. The summed E-state index contributed by atoms with van der Waals surface area (Å²) in [5, 5.41) is 0. The van der Waals surface area contributed by atoms with Crippen molar-refractivity contribution in [1.29, 1.82) is 0 Å². The molecule has 2 aromatic carbocycles. The van der Waals surface area contributed by atoms with Gasteiger partial charge in [-0.3, -0.25) is 0 Å². The molecule has 2 aromatic rings. The van der Waals surface area contributed by atoms with Gasteiger partial charge in [-0.1, -0.05) is 42.1 Å². The van der Waals surface area contributed by atoms with Crippen LogP contribution in [0.1, 0.15) is 0 Å². The van der Waals surface area contributed by atoms with E-state index in [-0.39, 0.29) is 4.90 Å². The molecule has 0 aromatic heterocycles. The van der Waals surface area contributed by atoms with Crippen LogP contribution in [-0.2, 0) is 10.0 Å². The van der Waals surface area contributed by atoms with Crippen molar-refractivity contribution in [3.63, 3.8) is 0 Å². The van der Waals surface area contributed by atoms with E-state index in [1.54, 1.807) is 18.2 Å². The SMILES string of the molecule is [N-]=[N+]=NS(=O)(=O)c1ccccc1Sc1ccccc1. The molecule has 19 heavy (non-hydrogen) atoms. The molecular formula is C12H9N3O2S2. The lowest BCUT2D eigenvalue weighted by atomic mass is 10.4. The molecule has 0 unspecified atom stereocenters.